The summed E-state index contributed by atoms with van der Waals surface area (Å²) in [7, 11) is -1.37. The van der Waals surface area contributed by atoms with Crippen LogP contribution in [0.5, 0.6) is 0 Å². The molecule has 1 heteroatoms. The maximum absolute atomic E-state index is 3.69. The maximum atomic E-state index is 3.69. The summed E-state index contributed by atoms with van der Waals surface area (Å²) in [5.74, 6) is 3.48. The lowest BCUT2D eigenvalue weighted by Crippen LogP contribution is -2.29. The first-order chi connectivity index (χ1) is 13.2. The molecule has 0 radical (unpaired) electrons. The van der Waals surface area contributed by atoms with Gasteiger partial charge in [-0.15, -0.1) is 5.54 Å². The van der Waals surface area contributed by atoms with E-state index in [2.05, 4.69) is 99.8 Å². The highest BCUT2D eigenvalue weighted by Gasteiger charge is 2.24. The van der Waals surface area contributed by atoms with Crippen molar-refractivity contribution in [3.63, 3.8) is 0 Å². The first kappa shape index (κ1) is 21.3. The van der Waals surface area contributed by atoms with Crippen LogP contribution in [0.1, 0.15) is 63.6 Å². The Bertz CT molecular complexity index is 760. The van der Waals surface area contributed by atoms with E-state index in [-0.39, 0.29) is 0 Å². The Hall–Kier alpha value is -2.04. The molecule has 2 rings (SSSR count). The van der Waals surface area contributed by atoms with Gasteiger partial charge in [-0.05, 0) is 59.8 Å². The Morgan fingerprint density at radius 1 is 0.852 bits per heavy atom. The molecule has 0 aromatic heterocycles. The second-order valence-corrected chi connectivity index (χ2v) is 12.3. The van der Waals surface area contributed by atoms with Gasteiger partial charge in [-0.25, -0.2) is 0 Å². The summed E-state index contributed by atoms with van der Waals surface area (Å²) in [6.45, 7) is 9.18. The van der Waals surface area contributed by atoms with E-state index in [9.17, 15) is 0 Å². The second kappa shape index (κ2) is 10.9. The lowest BCUT2D eigenvalue weighted by atomic mass is 9.97. The van der Waals surface area contributed by atoms with E-state index in [4.69, 9.17) is 0 Å². The number of benzene rings is 2. The Morgan fingerprint density at radius 2 is 1.48 bits per heavy atom. The van der Waals surface area contributed by atoms with Crippen molar-refractivity contribution in [3.05, 3.63) is 71.3 Å². The van der Waals surface area contributed by atoms with Crippen LogP contribution < -0.4 is 0 Å². The van der Waals surface area contributed by atoms with Gasteiger partial charge in [0.2, 0.25) is 0 Å². The molecule has 0 aliphatic carbocycles. The molecule has 0 aliphatic rings. The molecule has 0 bridgehead atoms. The fraction of sp³-hybridized carbons (Fsp3) is 0.385. The topological polar surface area (TPSA) is 0 Å². The van der Waals surface area contributed by atoms with Gasteiger partial charge >= 0.3 is 0 Å². The quantitative estimate of drug-likeness (QED) is 0.251. The molecule has 2 aromatic rings. The van der Waals surface area contributed by atoms with Crippen molar-refractivity contribution in [1.82, 2.24) is 0 Å². The molecule has 0 saturated heterocycles. The monoisotopic (exact) mass is 374 g/mol. The van der Waals surface area contributed by atoms with Crippen molar-refractivity contribution in [2.75, 3.05) is 0 Å². The molecule has 0 aliphatic heterocycles. The SMILES string of the molecule is CCCC/C(=C\c1ccc(C#C[Si](CC)(CC)CC)cc1)c1ccccc1. The van der Waals surface area contributed by atoms with Crippen LogP contribution >= 0.6 is 0 Å². The first-order valence-electron chi connectivity index (χ1n) is 10.6. The lowest BCUT2D eigenvalue weighted by molar-refractivity contribution is 0.825. The number of rotatable bonds is 8. The minimum Gasteiger partial charge on any atom is -0.126 e. The Kier molecular flexibility index (Phi) is 8.62. The molecule has 27 heavy (non-hydrogen) atoms. The normalized spacial score (nSPS) is 11.8. The minimum absolute atomic E-state index is 1.12. The molecule has 0 atom stereocenters. The molecule has 142 valence electrons. The van der Waals surface area contributed by atoms with Crippen molar-refractivity contribution >= 4 is 19.7 Å². The van der Waals surface area contributed by atoms with E-state index in [1.165, 1.54) is 47.7 Å². The molecule has 0 unspecified atom stereocenters. The zero-order chi connectivity index (χ0) is 19.5. The Labute approximate surface area is 167 Å². The van der Waals surface area contributed by atoms with Crippen LogP contribution in [-0.4, -0.2) is 8.07 Å². The molecule has 0 amide bonds. The third-order valence-electron chi connectivity index (χ3n) is 5.70. The van der Waals surface area contributed by atoms with Crippen LogP contribution in [0.25, 0.3) is 11.6 Å². The van der Waals surface area contributed by atoms with Crippen LogP contribution in [-0.2, 0) is 0 Å². The molecule has 0 nitrogen and oxygen atoms in total. The van der Waals surface area contributed by atoms with Crippen LogP contribution in [0.4, 0.5) is 0 Å². The van der Waals surface area contributed by atoms with Gasteiger partial charge in [-0.1, -0.05) is 88.6 Å². The molecule has 0 fully saturated rings. The third-order valence-corrected chi connectivity index (χ3v) is 10.4. The van der Waals surface area contributed by atoms with Gasteiger partial charge in [0.25, 0.3) is 0 Å². The third kappa shape index (κ3) is 6.26. The van der Waals surface area contributed by atoms with Crippen LogP contribution in [0, 0.1) is 11.5 Å². The zero-order valence-electron chi connectivity index (χ0n) is 17.5. The van der Waals surface area contributed by atoms with E-state index >= 15 is 0 Å². The van der Waals surface area contributed by atoms with Gasteiger partial charge in [0.1, 0.15) is 8.07 Å². The van der Waals surface area contributed by atoms with E-state index in [1.54, 1.807) is 0 Å². The smallest absolute Gasteiger partial charge is 0.126 e. The standard InChI is InChI=1S/C26H34Si/c1-5-9-13-26(25-14-11-10-12-15-25)22-24-18-16-23(17-19-24)20-21-27(6-2,7-3)8-4/h10-12,14-19,22H,5-9,13H2,1-4H3/b26-22+. The van der Waals surface area contributed by atoms with Gasteiger partial charge in [0, 0.05) is 5.56 Å². The highest BCUT2D eigenvalue weighted by atomic mass is 28.3. The summed E-state index contributed by atoms with van der Waals surface area (Å²) >= 11 is 0. The number of unbranched alkanes of at least 4 members (excludes halogenated alkanes) is 1. The van der Waals surface area contributed by atoms with E-state index < -0.39 is 8.07 Å². The fourth-order valence-corrected chi connectivity index (χ4v) is 5.84. The largest absolute Gasteiger partial charge is 0.138 e. The van der Waals surface area contributed by atoms with Crippen molar-refractivity contribution in [2.24, 2.45) is 0 Å². The summed E-state index contributed by atoms with van der Waals surface area (Å²) < 4.78 is 0. The zero-order valence-corrected chi connectivity index (χ0v) is 18.5. The summed E-state index contributed by atoms with van der Waals surface area (Å²) in [4.78, 5) is 0. The average Bonchev–Trinajstić information content (AvgIpc) is 2.74. The van der Waals surface area contributed by atoms with E-state index in [1.807, 2.05) is 0 Å². The molecular formula is C26H34Si. The maximum Gasteiger partial charge on any atom is 0.138 e. The Morgan fingerprint density at radius 3 is 2.04 bits per heavy atom. The van der Waals surface area contributed by atoms with Crippen LogP contribution in [0.15, 0.2) is 54.6 Å². The van der Waals surface area contributed by atoms with Crippen LogP contribution in [0.2, 0.25) is 18.1 Å². The predicted octanol–water partition coefficient (Wildman–Crippen LogP) is 7.82. The summed E-state index contributed by atoms with van der Waals surface area (Å²) in [5, 5.41) is 0. The lowest BCUT2D eigenvalue weighted by Gasteiger charge is -2.19. The van der Waals surface area contributed by atoms with Crippen molar-refractivity contribution in [3.8, 4) is 11.5 Å². The van der Waals surface area contributed by atoms with Gasteiger partial charge < -0.3 is 0 Å². The Balaban J connectivity index is 2.23. The van der Waals surface area contributed by atoms with Gasteiger partial charge in [0.15, 0.2) is 0 Å². The minimum atomic E-state index is -1.37. The van der Waals surface area contributed by atoms with Crippen molar-refractivity contribution < 1.29 is 0 Å². The summed E-state index contributed by atoms with van der Waals surface area (Å²) in [6, 6.07) is 23.3. The van der Waals surface area contributed by atoms with E-state index in [0.29, 0.717) is 0 Å². The highest BCUT2D eigenvalue weighted by molar-refractivity contribution is 6.87. The van der Waals surface area contributed by atoms with Crippen molar-refractivity contribution in [1.29, 1.82) is 0 Å². The van der Waals surface area contributed by atoms with Gasteiger partial charge in [0.05, 0.1) is 0 Å². The van der Waals surface area contributed by atoms with Gasteiger partial charge in [-0.2, -0.15) is 0 Å². The molecular weight excluding hydrogens is 340 g/mol. The van der Waals surface area contributed by atoms with Gasteiger partial charge in [-0.3, -0.25) is 0 Å². The molecule has 0 spiro atoms. The van der Waals surface area contributed by atoms with E-state index in [0.717, 1.165) is 12.0 Å². The molecule has 0 saturated carbocycles. The first-order valence-corrected chi connectivity index (χ1v) is 13.2. The number of hydrogen-bond donors (Lipinski definition) is 0. The van der Waals surface area contributed by atoms with Crippen molar-refractivity contribution in [2.45, 2.75) is 65.1 Å². The molecule has 0 heterocycles. The number of hydrogen-bond acceptors (Lipinski definition) is 0. The fourth-order valence-electron chi connectivity index (χ4n) is 3.40. The number of allylic oxidation sites excluding steroid dienone is 1. The summed E-state index contributed by atoms with van der Waals surface area (Å²) in [5.41, 5.74) is 8.85. The summed E-state index contributed by atoms with van der Waals surface area (Å²) in [6.07, 6.45) is 5.91. The molecule has 2 aromatic carbocycles. The van der Waals surface area contributed by atoms with Crippen LogP contribution in [0.3, 0.4) is 0 Å². The molecule has 0 N–H and O–H groups in total. The highest BCUT2D eigenvalue weighted by Crippen LogP contribution is 2.24. The second-order valence-electron chi connectivity index (χ2n) is 7.35. The predicted molar refractivity (Wildman–Crippen MR) is 124 cm³/mol. The average molecular weight is 375 g/mol.